The van der Waals surface area contributed by atoms with Crippen molar-refractivity contribution in [1.29, 1.82) is 0 Å². The van der Waals surface area contributed by atoms with E-state index in [9.17, 15) is 69.3 Å². The number of hydrogen-bond acceptors (Lipinski definition) is 17. The zero-order valence-corrected chi connectivity index (χ0v) is 26.2. The molecule has 0 unspecified atom stereocenters. The molecule has 18 nitrogen and oxygen atoms in total. The Bertz CT molecular complexity index is 775. The molecule has 0 rings (SSSR count). The summed E-state index contributed by atoms with van der Waals surface area (Å²) >= 11 is 0. The molecule has 0 radical (unpaired) electrons. The standard InChI is InChI=1S/C7H15NO3.2C6H8O7.3Mg/c1-8(2,3)5-6(9)4-7(10)11;2*7-3(8)1-6(13,5(11)12)2-4(9)10;;;/h6,9H,4-5H2,1-3H3;2*13H,1-2H2,(H,7,8)(H,9,10)(H,11,12);;;/q;;;3*+2/p-6/t6-;;;;;/m1...../s1. The second-order valence-electron chi connectivity index (χ2n) is 8.54. The number of carboxylic acid groups (broad SMARTS) is 7. The third-order valence-electron chi connectivity index (χ3n) is 3.67. The molecule has 0 saturated heterocycles. The largest absolute Gasteiger partial charge is 2.00 e. The third kappa shape index (κ3) is 29.4. The minimum Gasteiger partial charge on any atom is -0.550 e. The van der Waals surface area contributed by atoms with Gasteiger partial charge in [-0.1, -0.05) is 0 Å². The first-order valence-corrected chi connectivity index (χ1v) is 9.72. The zero-order chi connectivity index (χ0) is 30.4. The summed E-state index contributed by atoms with van der Waals surface area (Å²) in [5.74, 6) is -13.2. The average Bonchev–Trinajstić information content (AvgIpc) is 2.57. The third-order valence-corrected chi connectivity index (χ3v) is 3.67. The maximum absolute atomic E-state index is 10.1. The van der Waals surface area contributed by atoms with Crippen molar-refractivity contribution in [2.24, 2.45) is 0 Å². The first-order valence-electron chi connectivity index (χ1n) is 9.72. The van der Waals surface area contributed by atoms with E-state index in [0.717, 1.165) is 0 Å². The topological polar surface area (TPSA) is 342 Å². The van der Waals surface area contributed by atoms with Gasteiger partial charge < -0.3 is 89.1 Å². The summed E-state index contributed by atoms with van der Waals surface area (Å²) in [6, 6.07) is 0. The van der Waals surface area contributed by atoms with Crippen LogP contribution >= 0.6 is 0 Å². The Morgan fingerprint density at radius 3 is 0.925 bits per heavy atom. The second kappa shape index (κ2) is 23.0. The van der Waals surface area contributed by atoms with Gasteiger partial charge in [0.25, 0.3) is 0 Å². The van der Waals surface area contributed by atoms with Crippen LogP contribution in [0.1, 0.15) is 32.1 Å². The molecule has 0 aromatic rings. The average molecular weight is 612 g/mol. The Balaban J connectivity index is -0.000000105. The number of aliphatic hydroxyl groups excluding tert-OH is 1. The zero-order valence-electron chi connectivity index (χ0n) is 21.9. The Morgan fingerprint density at radius 2 is 0.800 bits per heavy atom. The molecule has 21 heteroatoms. The fraction of sp³-hybridized carbons (Fsp3) is 0.632. The molecule has 0 aromatic heterocycles. The van der Waals surface area contributed by atoms with Gasteiger partial charge in [-0.25, -0.2) is 0 Å². The number of rotatable bonds is 14. The van der Waals surface area contributed by atoms with Crippen LogP contribution in [0.4, 0.5) is 0 Å². The van der Waals surface area contributed by atoms with E-state index in [2.05, 4.69) is 0 Å². The van der Waals surface area contributed by atoms with Crippen molar-refractivity contribution >= 4 is 111 Å². The van der Waals surface area contributed by atoms with Crippen LogP contribution in [0.25, 0.3) is 0 Å². The Labute approximate surface area is 275 Å². The summed E-state index contributed by atoms with van der Waals surface area (Å²) in [5.41, 5.74) is -5.95. The summed E-state index contributed by atoms with van der Waals surface area (Å²) in [5, 5.41) is 97.0. The molecule has 40 heavy (non-hydrogen) atoms. The van der Waals surface area contributed by atoms with Crippen molar-refractivity contribution < 1.29 is 89.1 Å². The van der Waals surface area contributed by atoms with E-state index < -0.39 is 84.8 Å². The molecule has 0 aromatic carbocycles. The number of quaternary nitrogens is 1. The van der Waals surface area contributed by atoms with E-state index in [1.165, 1.54) is 0 Å². The van der Waals surface area contributed by atoms with Crippen molar-refractivity contribution in [2.75, 3.05) is 27.7 Å². The molecule has 0 spiro atoms. The molecule has 0 saturated carbocycles. The van der Waals surface area contributed by atoms with Gasteiger partial charge in [0.05, 0.1) is 33.1 Å². The number of carbonyl (C=O) groups excluding carboxylic acids is 7. The summed E-state index contributed by atoms with van der Waals surface area (Å²) in [4.78, 5) is 70.0. The first-order chi connectivity index (χ1) is 16.4. The van der Waals surface area contributed by atoms with Crippen molar-refractivity contribution in [3.63, 3.8) is 0 Å². The number of carbonyl (C=O) groups is 7. The Morgan fingerprint density at radius 1 is 0.575 bits per heavy atom. The smallest absolute Gasteiger partial charge is 0.550 e. The van der Waals surface area contributed by atoms with Gasteiger partial charge >= 0.3 is 69.2 Å². The van der Waals surface area contributed by atoms with E-state index in [4.69, 9.17) is 15.3 Å². The minimum atomic E-state index is -2.97. The maximum atomic E-state index is 10.1. The van der Waals surface area contributed by atoms with Gasteiger partial charge in [0, 0.05) is 62.0 Å². The Kier molecular flexibility index (Phi) is 29.5. The van der Waals surface area contributed by atoms with Crippen LogP contribution < -0.4 is 35.7 Å². The number of aliphatic carboxylic acids is 7. The van der Waals surface area contributed by atoms with Gasteiger partial charge in [0.1, 0.15) is 23.9 Å². The van der Waals surface area contributed by atoms with Crippen LogP contribution in [0, 0.1) is 0 Å². The minimum absolute atomic E-state index is 0. The van der Waals surface area contributed by atoms with Crippen molar-refractivity contribution in [2.45, 2.75) is 49.4 Å². The summed E-state index contributed by atoms with van der Waals surface area (Å²) in [6.07, 6.45) is -6.52. The van der Waals surface area contributed by atoms with Gasteiger partial charge in [0.15, 0.2) is 0 Å². The maximum Gasteiger partial charge on any atom is 2.00 e. The first kappa shape index (κ1) is 51.2. The van der Waals surface area contributed by atoms with Gasteiger partial charge in [-0.05, 0) is 0 Å². The molecule has 0 heterocycles. The van der Waals surface area contributed by atoms with Gasteiger partial charge in [-0.2, -0.15) is 0 Å². The molecular formula is C19H25Mg3NO17. The van der Waals surface area contributed by atoms with E-state index in [-0.39, 0.29) is 75.6 Å². The number of aliphatic hydroxyl groups is 3. The SMILES string of the molecule is C[N+](C)(C)C[C@H](O)CC(=O)[O-].O=C([O-])CC(O)(CC(=O)[O-])C(=O)[O-].O=C([O-])CC(O)(CC(=O)[O-])C(=O)[O-].[Mg+2].[Mg+2].[Mg+2]. The molecule has 214 valence electrons. The van der Waals surface area contributed by atoms with Crippen LogP contribution in [0.5, 0.6) is 0 Å². The number of nitrogens with zero attached hydrogens (tertiary/aromatic N) is 1. The van der Waals surface area contributed by atoms with Gasteiger partial charge in [0.2, 0.25) is 0 Å². The molecule has 0 aliphatic carbocycles. The van der Waals surface area contributed by atoms with Gasteiger partial charge in [-0.3, -0.25) is 0 Å². The van der Waals surface area contributed by atoms with Crippen LogP contribution in [-0.2, 0) is 33.6 Å². The second-order valence-corrected chi connectivity index (χ2v) is 8.54. The number of likely N-dealkylation sites (N-methyl/N-ethyl adjacent to an activating group) is 1. The molecule has 0 aliphatic rings. The van der Waals surface area contributed by atoms with E-state index in [1.54, 1.807) is 0 Å². The predicted molar refractivity (Wildman–Crippen MR) is 114 cm³/mol. The normalized spacial score (nSPS) is 11.1. The molecule has 0 aliphatic heterocycles. The van der Waals surface area contributed by atoms with Crippen molar-refractivity contribution in [3.05, 3.63) is 0 Å². The predicted octanol–water partition coefficient (Wildman–Crippen LogP) is -13.5. The van der Waals surface area contributed by atoms with Crippen molar-refractivity contribution in [3.8, 4) is 0 Å². The summed E-state index contributed by atoms with van der Waals surface area (Å²) < 4.78 is 0.550. The van der Waals surface area contributed by atoms with E-state index in [0.29, 0.717) is 11.0 Å². The molecule has 3 N–H and O–H groups in total. The monoisotopic (exact) mass is 611 g/mol. The number of carboxylic acids is 7. The number of hydrogen-bond donors (Lipinski definition) is 3. The van der Waals surface area contributed by atoms with Crippen LogP contribution in [0.2, 0.25) is 0 Å². The van der Waals surface area contributed by atoms with Crippen LogP contribution in [0.3, 0.4) is 0 Å². The molecular weight excluding hydrogens is 587 g/mol. The van der Waals surface area contributed by atoms with Crippen LogP contribution in [-0.4, -0.2) is 176 Å². The van der Waals surface area contributed by atoms with Gasteiger partial charge in [-0.15, -0.1) is 0 Å². The molecule has 0 amide bonds. The fourth-order valence-electron chi connectivity index (χ4n) is 2.26. The molecule has 0 bridgehead atoms. The van der Waals surface area contributed by atoms with E-state index in [1.807, 2.05) is 21.1 Å². The Hall–Kier alpha value is -1.57. The molecule has 1 atom stereocenters. The summed E-state index contributed by atoms with van der Waals surface area (Å²) in [6.45, 7) is 0.425. The quantitative estimate of drug-likeness (QED) is 0.121. The van der Waals surface area contributed by atoms with E-state index >= 15 is 0 Å². The van der Waals surface area contributed by atoms with Crippen molar-refractivity contribution in [1.82, 2.24) is 0 Å². The summed E-state index contributed by atoms with van der Waals surface area (Å²) in [7, 11) is 5.66. The van der Waals surface area contributed by atoms with Crippen LogP contribution in [0.15, 0.2) is 0 Å². The molecule has 0 fully saturated rings. The fourth-order valence-corrected chi connectivity index (χ4v) is 2.26.